The van der Waals surface area contributed by atoms with Crippen molar-refractivity contribution in [1.82, 2.24) is 0 Å². The second-order valence-electron chi connectivity index (χ2n) is 0. The number of rotatable bonds is 0. The van der Waals surface area contributed by atoms with Crippen LogP contribution in [0.2, 0.25) is 0 Å². The summed E-state index contributed by atoms with van der Waals surface area (Å²) in [5, 5.41) is 0. The van der Waals surface area contributed by atoms with Crippen molar-refractivity contribution in [3.05, 3.63) is 0 Å². The first-order chi connectivity index (χ1) is 0. The zero-order valence-corrected chi connectivity index (χ0v) is 10.5. The predicted octanol–water partition coefficient (Wildman–Crippen LogP) is -3.87. The van der Waals surface area contributed by atoms with E-state index in [2.05, 4.69) is 0 Å². The van der Waals surface area contributed by atoms with Crippen LogP contribution in [0.3, 0.4) is 0 Å². The van der Waals surface area contributed by atoms with E-state index in [0.717, 1.165) is 0 Å². The van der Waals surface area contributed by atoms with Gasteiger partial charge in [-0.05, 0) is 0 Å². The molecule has 0 aliphatic carbocycles. The molecule has 0 aliphatic heterocycles. The van der Waals surface area contributed by atoms with Crippen LogP contribution in [0.25, 0.3) is 0 Å². The van der Waals surface area contributed by atoms with Crippen LogP contribution < -0.4 is 29.6 Å². The van der Waals surface area contributed by atoms with E-state index in [1.807, 2.05) is 0 Å². The van der Waals surface area contributed by atoms with Gasteiger partial charge in [-0.25, -0.2) is 0 Å². The normalized spacial score (nSPS) is 0. The van der Waals surface area contributed by atoms with Gasteiger partial charge in [0.15, 0.2) is 0 Å². The zero-order valence-electron chi connectivity index (χ0n) is 6.40. The molecule has 0 saturated carbocycles. The molecule has 0 unspecified atom stereocenters. The summed E-state index contributed by atoms with van der Waals surface area (Å²) in [7, 11) is 0. The molecule has 2 N–H and O–H groups in total. The van der Waals surface area contributed by atoms with E-state index in [1.54, 1.807) is 0 Å². The predicted molar refractivity (Wildman–Crippen MR) is 12.7 cm³/mol. The van der Waals surface area contributed by atoms with Gasteiger partial charge in [-0.3, -0.25) is 0 Å². The average Bonchev–Trinajstić information content (AvgIpc) is 0. The van der Waals surface area contributed by atoms with E-state index < -0.39 is 0 Å². The topological polar surface area (TPSA) is 31.5 Å². The molecule has 0 rings (SSSR count). The summed E-state index contributed by atoms with van der Waals surface area (Å²) in [5.41, 5.74) is 0. The summed E-state index contributed by atoms with van der Waals surface area (Å²) in [5.74, 6) is 0. The fourth-order valence-corrected chi connectivity index (χ4v) is 0. The molecule has 6 heavy (non-hydrogen) atoms. The van der Waals surface area contributed by atoms with Gasteiger partial charge in [0.05, 0.1) is 0 Å². The maximum absolute atomic E-state index is 0. The van der Waals surface area contributed by atoms with Crippen LogP contribution in [-0.4, -0.2) is 28.5 Å². The molecule has 0 atom stereocenters. The van der Waals surface area contributed by atoms with Crippen molar-refractivity contribution in [2.75, 3.05) is 0 Å². The van der Waals surface area contributed by atoms with Crippen molar-refractivity contribution in [2.45, 2.75) is 0 Å². The Labute approximate surface area is 116 Å². The average molecular weight is 230 g/mol. The Kier molecular flexibility index (Phi) is 372. The minimum Gasteiger partial charge on any atom is -1.00 e. The zero-order chi connectivity index (χ0) is 0. The van der Waals surface area contributed by atoms with E-state index in [1.165, 1.54) is 0 Å². The summed E-state index contributed by atoms with van der Waals surface area (Å²) >= 11 is 0. The van der Waals surface area contributed by atoms with E-state index in [0.29, 0.717) is 0 Å². The van der Waals surface area contributed by atoms with E-state index in [9.17, 15) is 0 Å². The first-order valence-corrected chi connectivity index (χ1v) is 0. The monoisotopic (exact) mass is 229 g/mol. The SMILES string of the molecule is O.[H-].[H-].[H-].[Mg+2].[Mn].[Na+].[Ni].[Ti]. The Morgan fingerprint density at radius 1 is 1.17 bits per heavy atom. The van der Waals surface area contributed by atoms with Gasteiger partial charge in [0, 0.05) is 55.3 Å². The van der Waals surface area contributed by atoms with Crippen molar-refractivity contribution in [3.63, 3.8) is 0 Å². The Bertz CT molecular complexity index is 23.8. The van der Waals surface area contributed by atoms with Crippen molar-refractivity contribution >= 4 is 23.1 Å². The molecular weight excluding hydrogens is 225 g/mol. The molecule has 0 aromatic rings. The van der Waals surface area contributed by atoms with E-state index in [-0.39, 0.29) is 118 Å². The Hall–Kier alpha value is 3.45. The van der Waals surface area contributed by atoms with Crippen LogP contribution in [0.4, 0.5) is 0 Å². The molecule has 35 valence electrons. The van der Waals surface area contributed by atoms with Crippen LogP contribution in [0.15, 0.2) is 0 Å². The maximum Gasteiger partial charge on any atom is 2.00 e. The van der Waals surface area contributed by atoms with Crippen LogP contribution >= 0.6 is 0 Å². The van der Waals surface area contributed by atoms with Gasteiger partial charge >= 0.3 is 52.6 Å². The molecule has 0 heterocycles. The molecule has 6 heteroatoms. The van der Waals surface area contributed by atoms with Crippen molar-refractivity contribution < 1.29 is 94.6 Å². The second-order valence-corrected chi connectivity index (χ2v) is 0. The van der Waals surface area contributed by atoms with Crippen LogP contribution in [0.1, 0.15) is 4.28 Å². The summed E-state index contributed by atoms with van der Waals surface area (Å²) in [6.07, 6.45) is 0. The minimum absolute atomic E-state index is 0. The minimum atomic E-state index is 0. The Morgan fingerprint density at radius 2 is 1.17 bits per heavy atom. The summed E-state index contributed by atoms with van der Waals surface area (Å²) in [4.78, 5) is 0. The van der Waals surface area contributed by atoms with Gasteiger partial charge < -0.3 is 9.76 Å². The van der Waals surface area contributed by atoms with Crippen LogP contribution in [0.5, 0.6) is 0 Å². The molecule has 0 saturated heterocycles. The van der Waals surface area contributed by atoms with Crippen molar-refractivity contribution in [1.29, 1.82) is 0 Å². The molecule has 0 aromatic heterocycles. The second kappa shape index (κ2) is 39.4. The largest absolute Gasteiger partial charge is 2.00 e. The van der Waals surface area contributed by atoms with Crippen LogP contribution in [0, 0.1) is 0 Å². The first kappa shape index (κ1) is 56.6. The van der Waals surface area contributed by atoms with E-state index in [4.69, 9.17) is 0 Å². The number of hydrogen-bond acceptors (Lipinski definition) is 0. The summed E-state index contributed by atoms with van der Waals surface area (Å²) in [6.45, 7) is 0. The first-order valence-electron chi connectivity index (χ1n) is 0. The Balaban J connectivity index is 0. The summed E-state index contributed by atoms with van der Waals surface area (Å²) in [6, 6.07) is 0. The van der Waals surface area contributed by atoms with Gasteiger partial charge in [-0.2, -0.15) is 0 Å². The van der Waals surface area contributed by atoms with Crippen LogP contribution in [-0.2, 0) is 55.3 Å². The third-order valence-electron chi connectivity index (χ3n) is 0. The van der Waals surface area contributed by atoms with Gasteiger partial charge in [0.25, 0.3) is 0 Å². The summed E-state index contributed by atoms with van der Waals surface area (Å²) < 4.78 is 0. The Morgan fingerprint density at radius 3 is 1.17 bits per heavy atom. The smallest absolute Gasteiger partial charge is 1.00 e. The van der Waals surface area contributed by atoms with Crippen molar-refractivity contribution in [3.8, 4) is 0 Å². The molecular formula is H5MgMnNaNiOTi. The molecule has 1 nitrogen and oxygen atoms in total. The fraction of sp³-hybridized carbons (Fsp3) is 0. The quantitative estimate of drug-likeness (QED) is 0.381. The molecule has 0 aliphatic rings. The molecule has 0 spiro atoms. The van der Waals surface area contributed by atoms with Crippen molar-refractivity contribution in [2.24, 2.45) is 0 Å². The van der Waals surface area contributed by atoms with Gasteiger partial charge in [0.2, 0.25) is 0 Å². The maximum atomic E-state index is 0. The number of hydrogen-bond donors (Lipinski definition) is 0. The molecule has 0 amide bonds. The fourth-order valence-electron chi connectivity index (χ4n) is 0. The molecule has 1 radical (unpaired) electrons. The van der Waals surface area contributed by atoms with Gasteiger partial charge in [-0.1, -0.05) is 0 Å². The standard InChI is InChI=1S/Mg.Mn.Na.Ni.H2O.Ti.3H/h;;;;1H2;;;;/q+2;;+1;;;;3*-1. The third-order valence-corrected chi connectivity index (χ3v) is 0. The molecule has 0 aromatic carbocycles. The van der Waals surface area contributed by atoms with Gasteiger partial charge in [0.1, 0.15) is 0 Å². The molecule has 0 fully saturated rings. The van der Waals surface area contributed by atoms with Gasteiger partial charge in [-0.15, -0.1) is 0 Å². The molecule has 0 bridgehead atoms. The third kappa shape index (κ3) is 26.0. The van der Waals surface area contributed by atoms with E-state index >= 15 is 0 Å².